The lowest BCUT2D eigenvalue weighted by Crippen LogP contribution is -2.15. The maximum atomic E-state index is 10.3. The summed E-state index contributed by atoms with van der Waals surface area (Å²) in [5.74, 6) is -3.27. The highest BCUT2D eigenvalue weighted by atomic mass is 16.4. The van der Waals surface area contributed by atoms with Gasteiger partial charge in [-0.3, -0.25) is 24.0 Å². The van der Waals surface area contributed by atoms with Crippen LogP contribution in [-0.4, -0.2) is 298 Å². The van der Waals surface area contributed by atoms with Gasteiger partial charge in [-0.25, -0.2) is 0 Å². The van der Waals surface area contributed by atoms with Crippen LogP contribution in [-0.2, 0) is 24.0 Å². The fourth-order valence-corrected chi connectivity index (χ4v) is 11.9. The molecule has 0 saturated carbocycles. The second-order valence-corrected chi connectivity index (χ2v) is 34.1. The van der Waals surface area contributed by atoms with E-state index in [0.29, 0.717) is 32.1 Å². The fourth-order valence-electron chi connectivity index (χ4n) is 11.9. The lowest BCUT2D eigenvalue weighted by molar-refractivity contribution is -0.138. The second-order valence-electron chi connectivity index (χ2n) is 34.1. The molecule has 0 unspecified atom stereocenters. The number of carboxylic acids is 5. The van der Waals surface area contributed by atoms with Gasteiger partial charge in [0, 0.05) is 32.1 Å². The molecule has 0 spiro atoms. The Kier molecular flexibility index (Phi) is 175. The molecule has 0 aliphatic carbocycles. The van der Waals surface area contributed by atoms with Gasteiger partial charge in [0.1, 0.15) is 42.7 Å². The van der Waals surface area contributed by atoms with Crippen LogP contribution in [0.1, 0.15) is 484 Å². The molecular weight excluding hydrogens is 1710 g/mol. The first-order chi connectivity index (χ1) is 63.5. The van der Waals surface area contributed by atoms with E-state index < -0.39 is 72.6 Å². The Balaban J connectivity index is -0.000000123. The highest BCUT2D eigenvalue weighted by molar-refractivity contribution is 5.67. The maximum Gasteiger partial charge on any atom is 0.303 e. The molecule has 0 aromatic rings. The third-order valence-electron chi connectivity index (χ3n) is 20.4. The Morgan fingerprint density at radius 1 is 0.129 bits per heavy atom. The van der Waals surface area contributed by atoms with E-state index in [-0.39, 0.29) is 92.5 Å². The zero-order valence-electron chi connectivity index (χ0n) is 84.6. The van der Waals surface area contributed by atoms with Gasteiger partial charge in [0.25, 0.3) is 0 Å². The van der Waals surface area contributed by atoms with Crippen LogP contribution in [0, 0.1) is 0 Å². The summed E-state index contributed by atoms with van der Waals surface area (Å²) in [4.78, 5) is 51.5. The van der Waals surface area contributed by atoms with Crippen LogP contribution >= 0.6 is 0 Å². The molecule has 26 N–H and O–H groups in total. The zero-order valence-corrected chi connectivity index (χ0v) is 84.6. The normalized spacial score (nSPS) is 10.5. The zero-order chi connectivity index (χ0) is 102. The van der Waals surface area contributed by atoms with Crippen molar-refractivity contribution in [2.45, 2.75) is 527 Å². The van der Waals surface area contributed by atoms with Gasteiger partial charge in [0.05, 0.1) is 92.5 Å². The lowest BCUT2D eigenvalue weighted by Gasteiger charge is -2.02. The Labute approximate surface area is 802 Å². The van der Waals surface area contributed by atoms with Crippen LogP contribution in [0.5, 0.6) is 0 Å². The SMILES string of the molecule is CCCCCCCCCCCCCCCC(=O)O.CCCCCCCCCCCCCCCC(=O)O.CCCCCCCCCCCCCCCC(=O)O.CCCCCCCCCCCCCCCC(=O)O.CCCCCCCCCCCCCCCC(=O)O.OCC(O)CO.OCC(O)CO.OCC(O)CO.OCC(O)CO.OCC(O)CO.OCC(O)CO.OCC(O)CO. The summed E-state index contributed by atoms with van der Waals surface area (Å²) in [6, 6.07) is 0. The van der Waals surface area contributed by atoms with E-state index in [1.807, 2.05) is 0 Å². The van der Waals surface area contributed by atoms with Gasteiger partial charge < -0.3 is 133 Å². The van der Waals surface area contributed by atoms with Crippen molar-refractivity contribution in [1.82, 2.24) is 0 Å². The molecule has 0 aromatic carbocycles. The quantitative estimate of drug-likeness (QED) is 0.0251. The standard InChI is InChI=1S/5C16H32O2.7C3H8O3/c5*1-2-3-4-5-6-7-8-9-10-11-12-13-14-15-16(17)18;7*4-1-3(6)2-5/h5*2-15H2,1H3,(H,17,18);7*3-6H,1-2H2. The van der Waals surface area contributed by atoms with Gasteiger partial charge in [-0.05, 0) is 32.1 Å². The van der Waals surface area contributed by atoms with Crippen LogP contribution in [0.2, 0.25) is 0 Å². The highest BCUT2D eigenvalue weighted by Gasteiger charge is 2.06. The number of unbranched alkanes of at least 4 members (excludes halogenated alkanes) is 60. The molecule has 0 rings (SSSR count). The minimum atomic E-state index is -0.954. The third kappa shape index (κ3) is 201. The molecule has 31 heteroatoms. The number of aliphatic carboxylic acids is 5. The molecule has 132 heavy (non-hydrogen) atoms. The number of rotatable bonds is 84. The largest absolute Gasteiger partial charge is 0.481 e. The topological polar surface area (TPSA) is 611 Å². The van der Waals surface area contributed by atoms with Crippen molar-refractivity contribution in [3.8, 4) is 0 Å². The van der Waals surface area contributed by atoms with Crippen LogP contribution in [0.3, 0.4) is 0 Å². The molecule has 0 amide bonds. The summed E-state index contributed by atoms with van der Waals surface area (Å²) in [6.45, 7) is 6.20. The Morgan fingerprint density at radius 3 is 0.235 bits per heavy atom. The Morgan fingerprint density at radius 2 is 0.189 bits per heavy atom. The maximum absolute atomic E-state index is 10.3. The molecule has 806 valence electrons. The molecule has 0 saturated heterocycles. The van der Waals surface area contributed by atoms with E-state index in [0.717, 1.165) is 64.2 Å². The summed E-state index contributed by atoms with van der Waals surface area (Å²) in [5.41, 5.74) is 0. The summed E-state index contributed by atoms with van der Waals surface area (Å²) in [5, 5.41) is 211. The van der Waals surface area contributed by atoms with Crippen molar-refractivity contribution in [3.05, 3.63) is 0 Å². The summed E-state index contributed by atoms with van der Waals surface area (Å²) in [6.07, 6.45) is 79.7. The van der Waals surface area contributed by atoms with Gasteiger partial charge in [0.2, 0.25) is 0 Å². The van der Waals surface area contributed by atoms with E-state index in [4.69, 9.17) is 133 Å². The van der Waals surface area contributed by atoms with Crippen molar-refractivity contribution < 1.29 is 157 Å². The first-order valence-electron chi connectivity index (χ1n) is 51.9. The monoisotopic (exact) mass is 1930 g/mol. The molecule has 0 aliphatic rings. The molecule has 0 aromatic heterocycles. The number of aliphatic hydroxyl groups is 21. The number of aliphatic hydroxyl groups excluding tert-OH is 21. The molecule has 0 atom stereocenters. The van der Waals surface area contributed by atoms with Crippen LogP contribution in [0.4, 0.5) is 0 Å². The number of hydrogen-bond acceptors (Lipinski definition) is 26. The van der Waals surface area contributed by atoms with E-state index in [1.165, 1.54) is 353 Å². The van der Waals surface area contributed by atoms with E-state index in [2.05, 4.69) is 34.6 Å². The molecule has 0 heterocycles. The molecule has 0 fully saturated rings. The molecular formula is C101H216O31. The summed E-state index contributed by atoms with van der Waals surface area (Å²) in [7, 11) is 0. The average Bonchev–Trinajstić information content (AvgIpc) is 1.10. The Hall–Kier alpha value is -3.49. The van der Waals surface area contributed by atoms with Crippen LogP contribution < -0.4 is 0 Å². The predicted molar refractivity (Wildman–Crippen MR) is 531 cm³/mol. The van der Waals surface area contributed by atoms with Gasteiger partial charge in [0.15, 0.2) is 0 Å². The van der Waals surface area contributed by atoms with Crippen molar-refractivity contribution >= 4 is 29.8 Å². The number of hydrogen-bond donors (Lipinski definition) is 26. The molecule has 31 nitrogen and oxygen atoms in total. The smallest absolute Gasteiger partial charge is 0.303 e. The summed E-state index contributed by atoms with van der Waals surface area (Å²) < 4.78 is 0. The van der Waals surface area contributed by atoms with Crippen molar-refractivity contribution in [2.24, 2.45) is 0 Å². The molecule has 0 aliphatic heterocycles. The predicted octanol–water partition coefficient (Wildman–Crippen LogP) is 16.1. The molecule has 0 bridgehead atoms. The fraction of sp³-hybridized carbons (Fsp3) is 0.950. The van der Waals surface area contributed by atoms with Gasteiger partial charge in [-0.15, -0.1) is 0 Å². The van der Waals surface area contributed by atoms with Crippen molar-refractivity contribution in [2.75, 3.05) is 92.5 Å². The lowest BCUT2D eigenvalue weighted by atomic mass is 10.0. The second kappa shape index (κ2) is 150. The number of carboxylic acid groups (broad SMARTS) is 5. The minimum Gasteiger partial charge on any atom is -0.481 e. The average molecular weight is 1930 g/mol. The van der Waals surface area contributed by atoms with Gasteiger partial charge in [-0.1, -0.05) is 420 Å². The minimum absolute atomic E-state index is 0.345. The number of carbonyl (C=O) groups is 5. The van der Waals surface area contributed by atoms with E-state index in [9.17, 15) is 24.0 Å². The van der Waals surface area contributed by atoms with E-state index >= 15 is 0 Å². The first-order valence-corrected chi connectivity index (χ1v) is 51.9. The highest BCUT2D eigenvalue weighted by Crippen LogP contribution is 2.19. The summed E-state index contributed by atoms with van der Waals surface area (Å²) >= 11 is 0. The molecule has 0 radical (unpaired) electrons. The van der Waals surface area contributed by atoms with E-state index in [1.54, 1.807) is 0 Å². The van der Waals surface area contributed by atoms with Gasteiger partial charge >= 0.3 is 29.8 Å². The van der Waals surface area contributed by atoms with Crippen molar-refractivity contribution in [3.63, 3.8) is 0 Å². The third-order valence-corrected chi connectivity index (χ3v) is 20.4. The van der Waals surface area contributed by atoms with Crippen LogP contribution in [0.15, 0.2) is 0 Å². The van der Waals surface area contributed by atoms with Crippen LogP contribution in [0.25, 0.3) is 0 Å². The first kappa shape index (κ1) is 154. The Bertz CT molecular complexity index is 1640. The van der Waals surface area contributed by atoms with Crippen molar-refractivity contribution in [1.29, 1.82) is 0 Å². The van der Waals surface area contributed by atoms with Gasteiger partial charge in [-0.2, -0.15) is 0 Å².